The first-order chi connectivity index (χ1) is 29.8. The first-order valence-electron chi connectivity index (χ1n) is 26.2. The number of nitrogens with one attached hydrogen (secondary N) is 2. The van der Waals surface area contributed by atoms with Gasteiger partial charge in [-0.15, -0.1) is 0 Å². The van der Waals surface area contributed by atoms with Crippen molar-refractivity contribution in [2.24, 2.45) is 0 Å². The molecule has 0 heterocycles. The summed E-state index contributed by atoms with van der Waals surface area (Å²) in [5.74, 6) is -0.0279. The molecule has 1 atom stereocenters. The summed E-state index contributed by atoms with van der Waals surface area (Å²) in [6.07, 6.45) is 39.3. The molecule has 1 unspecified atom stereocenters. The molecule has 0 fully saturated rings. The highest BCUT2D eigenvalue weighted by atomic mass is 16.5. The quantitative estimate of drug-likeness (QED) is 0.0376. The number of carbonyl (C=O) groups excluding carboxylic acids is 2. The lowest BCUT2D eigenvalue weighted by molar-refractivity contribution is -0.151. The molecular formula is C52H97N3O6. The number of hydrogen-bond acceptors (Lipinski definition) is 9. The summed E-state index contributed by atoms with van der Waals surface area (Å²) in [4.78, 5) is 51.8. The van der Waals surface area contributed by atoms with Crippen LogP contribution in [0.1, 0.15) is 252 Å². The summed E-state index contributed by atoms with van der Waals surface area (Å²) in [6.45, 7) is 12.6. The van der Waals surface area contributed by atoms with Crippen LogP contribution in [0.25, 0.3) is 0 Å². The predicted molar refractivity (Wildman–Crippen MR) is 260 cm³/mol. The van der Waals surface area contributed by atoms with Gasteiger partial charge in [0.25, 0.3) is 10.9 Å². The third-order valence-electron chi connectivity index (χ3n) is 12.4. The van der Waals surface area contributed by atoms with Gasteiger partial charge < -0.3 is 25.0 Å². The second-order valence-electron chi connectivity index (χ2n) is 18.1. The molecule has 0 saturated carbocycles. The molecule has 9 heteroatoms. The molecule has 0 aliphatic heterocycles. The molecule has 0 aliphatic carbocycles. The molecule has 61 heavy (non-hydrogen) atoms. The fourth-order valence-electron chi connectivity index (χ4n) is 8.54. The molecule has 0 saturated heterocycles. The summed E-state index contributed by atoms with van der Waals surface area (Å²) in [5, 5.41) is 6.02. The highest BCUT2D eigenvalue weighted by Gasteiger charge is 2.19. The van der Waals surface area contributed by atoms with Crippen molar-refractivity contribution in [2.45, 2.75) is 265 Å². The van der Waals surface area contributed by atoms with E-state index in [-0.39, 0.29) is 24.1 Å². The fourth-order valence-corrected chi connectivity index (χ4v) is 8.54. The number of esters is 2. The van der Waals surface area contributed by atoms with Crippen LogP contribution in [0.2, 0.25) is 0 Å². The van der Waals surface area contributed by atoms with E-state index < -0.39 is 10.9 Å². The number of rotatable bonds is 46. The van der Waals surface area contributed by atoms with Gasteiger partial charge in [-0.25, -0.2) is 0 Å². The number of hydrogen-bond donors (Lipinski definition) is 2. The number of nitrogens with zero attached hydrogens (tertiary/aromatic N) is 1. The van der Waals surface area contributed by atoms with Gasteiger partial charge in [-0.1, -0.05) is 163 Å². The Bertz CT molecular complexity index is 1230. The molecule has 0 aliphatic rings. The van der Waals surface area contributed by atoms with Gasteiger partial charge in [0.15, 0.2) is 0 Å². The van der Waals surface area contributed by atoms with Crippen molar-refractivity contribution in [3.8, 4) is 0 Å². The van der Waals surface area contributed by atoms with Gasteiger partial charge in [0.1, 0.15) is 23.6 Å². The summed E-state index contributed by atoms with van der Waals surface area (Å²) < 4.78 is 11.9. The standard InChI is InChI=1S/C52H97N3O6/c1-6-10-13-16-21-28-37-46(38-29-22-17-14-11-7-2)61-48(57)40-31-24-19-26-33-43-55(44-34-41-54-50-49(53-5)51(58)52(50)59)42-32-25-18-23-30-39-47(56)60-45(35-9-4)36-27-20-15-12-8-3/h45-46,53-54H,6-44H2,1-5H3. The maximum absolute atomic E-state index is 12.9. The lowest BCUT2D eigenvalue weighted by Crippen LogP contribution is -2.37. The van der Waals surface area contributed by atoms with Crippen molar-refractivity contribution >= 4 is 23.3 Å². The predicted octanol–water partition coefficient (Wildman–Crippen LogP) is 13.6. The first-order valence-corrected chi connectivity index (χ1v) is 26.2. The Balaban J connectivity index is 2.43. The molecule has 0 amide bonds. The van der Waals surface area contributed by atoms with Crippen LogP contribution in [-0.4, -0.2) is 62.3 Å². The molecule has 356 valence electrons. The maximum atomic E-state index is 12.9. The molecule has 2 N–H and O–H groups in total. The minimum Gasteiger partial charge on any atom is -0.462 e. The number of unbranched alkanes of at least 4 members (excludes halogenated alkanes) is 22. The molecule has 0 bridgehead atoms. The fraction of sp³-hybridized carbons (Fsp3) is 0.885. The highest BCUT2D eigenvalue weighted by Crippen LogP contribution is 2.20. The van der Waals surface area contributed by atoms with Gasteiger partial charge in [-0.05, 0) is 96.7 Å². The first kappa shape index (κ1) is 56.6. The Morgan fingerprint density at radius 1 is 0.443 bits per heavy atom. The van der Waals surface area contributed by atoms with Gasteiger partial charge >= 0.3 is 11.9 Å². The van der Waals surface area contributed by atoms with Crippen LogP contribution in [-0.2, 0) is 19.1 Å². The van der Waals surface area contributed by atoms with Crippen molar-refractivity contribution in [1.82, 2.24) is 4.90 Å². The Morgan fingerprint density at radius 2 is 0.803 bits per heavy atom. The zero-order chi connectivity index (χ0) is 44.6. The van der Waals surface area contributed by atoms with Crippen molar-refractivity contribution in [2.75, 3.05) is 43.9 Å². The van der Waals surface area contributed by atoms with Crippen LogP contribution in [0.5, 0.6) is 0 Å². The summed E-state index contributed by atoms with van der Waals surface area (Å²) in [6, 6.07) is 0. The maximum Gasteiger partial charge on any atom is 0.306 e. The van der Waals surface area contributed by atoms with E-state index in [9.17, 15) is 19.2 Å². The third kappa shape index (κ3) is 30.3. The highest BCUT2D eigenvalue weighted by molar-refractivity contribution is 5.73. The normalized spacial score (nSPS) is 12.1. The Hall–Kier alpha value is -2.42. The van der Waals surface area contributed by atoms with E-state index in [4.69, 9.17) is 9.47 Å². The van der Waals surface area contributed by atoms with E-state index in [1.807, 2.05) is 0 Å². The minimum absolute atomic E-state index is 0.00337. The smallest absolute Gasteiger partial charge is 0.306 e. The SMILES string of the molecule is CCCCCCCCC(CCCCCCCC)OC(=O)CCCCCCCN(CCCCCCCC(=O)OC(CCC)CCCCCCC)CCCNc1c(NC)c(=O)c1=O. The minimum atomic E-state index is -0.439. The molecule has 1 rings (SSSR count). The average molecular weight is 860 g/mol. The van der Waals surface area contributed by atoms with Gasteiger partial charge in [0, 0.05) is 26.4 Å². The Morgan fingerprint density at radius 3 is 1.23 bits per heavy atom. The third-order valence-corrected chi connectivity index (χ3v) is 12.4. The van der Waals surface area contributed by atoms with Gasteiger partial charge in [-0.2, -0.15) is 0 Å². The molecule has 1 aromatic carbocycles. The molecule has 9 nitrogen and oxygen atoms in total. The second kappa shape index (κ2) is 40.4. The topological polar surface area (TPSA) is 114 Å². The van der Waals surface area contributed by atoms with Crippen molar-refractivity contribution in [1.29, 1.82) is 0 Å². The van der Waals surface area contributed by atoms with Crippen molar-refractivity contribution in [3.05, 3.63) is 20.4 Å². The monoisotopic (exact) mass is 860 g/mol. The van der Waals surface area contributed by atoms with Crippen LogP contribution in [0.3, 0.4) is 0 Å². The average Bonchev–Trinajstić information content (AvgIpc) is 3.25. The summed E-state index contributed by atoms with van der Waals surface area (Å²) in [7, 11) is 1.67. The van der Waals surface area contributed by atoms with Crippen molar-refractivity contribution in [3.63, 3.8) is 0 Å². The number of carbonyl (C=O) groups is 2. The number of ether oxygens (including phenoxy) is 2. The molecule has 0 radical (unpaired) electrons. The molecule has 0 spiro atoms. The lowest BCUT2D eigenvalue weighted by atomic mass is 10.0. The largest absolute Gasteiger partial charge is 0.462 e. The zero-order valence-electron chi connectivity index (χ0n) is 40.6. The Kier molecular flexibility index (Phi) is 37.4. The van der Waals surface area contributed by atoms with Gasteiger partial charge in [0.05, 0.1) is 0 Å². The molecular weight excluding hydrogens is 763 g/mol. The van der Waals surface area contributed by atoms with Crippen LogP contribution < -0.4 is 21.5 Å². The van der Waals surface area contributed by atoms with E-state index in [1.54, 1.807) is 7.05 Å². The van der Waals surface area contributed by atoms with Crippen molar-refractivity contribution < 1.29 is 19.1 Å². The lowest BCUT2D eigenvalue weighted by Gasteiger charge is -2.23. The molecule has 0 aromatic heterocycles. The van der Waals surface area contributed by atoms with E-state index >= 15 is 0 Å². The second-order valence-corrected chi connectivity index (χ2v) is 18.1. The van der Waals surface area contributed by atoms with Gasteiger partial charge in [-0.3, -0.25) is 19.2 Å². The zero-order valence-corrected chi connectivity index (χ0v) is 40.6. The Labute approximate surface area is 375 Å². The van der Waals surface area contributed by atoms with E-state index in [0.29, 0.717) is 30.8 Å². The van der Waals surface area contributed by atoms with E-state index in [0.717, 1.165) is 142 Å². The van der Waals surface area contributed by atoms with Crippen LogP contribution in [0, 0.1) is 0 Å². The van der Waals surface area contributed by atoms with Crippen LogP contribution >= 0.6 is 0 Å². The van der Waals surface area contributed by atoms with Crippen LogP contribution in [0.4, 0.5) is 11.4 Å². The molecule has 1 aromatic rings. The number of anilines is 2. The van der Waals surface area contributed by atoms with Crippen LogP contribution in [0.15, 0.2) is 9.59 Å². The van der Waals surface area contributed by atoms with Gasteiger partial charge in [0.2, 0.25) is 0 Å². The summed E-state index contributed by atoms with van der Waals surface area (Å²) >= 11 is 0. The van der Waals surface area contributed by atoms with E-state index in [2.05, 4.69) is 43.2 Å². The van der Waals surface area contributed by atoms with E-state index in [1.165, 1.54) is 89.9 Å². The summed E-state index contributed by atoms with van der Waals surface area (Å²) in [5.41, 5.74) is -0.0581.